The molecule has 6 heteroatoms. The van der Waals surface area contributed by atoms with Crippen molar-refractivity contribution in [2.45, 2.75) is 38.8 Å². The van der Waals surface area contributed by atoms with Gasteiger partial charge in [0.15, 0.2) is 0 Å². The van der Waals surface area contributed by atoms with E-state index in [-0.39, 0.29) is 25.2 Å². The van der Waals surface area contributed by atoms with Crippen LogP contribution in [0.2, 0.25) is 0 Å². The van der Waals surface area contributed by atoms with Crippen molar-refractivity contribution in [3.05, 3.63) is 35.9 Å². The van der Waals surface area contributed by atoms with Crippen LogP contribution >= 0.6 is 0 Å². The molecule has 116 valence electrons. The van der Waals surface area contributed by atoms with Gasteiger partial charge in [-0.2, -0.15) is 0 Å². The summed E-state index contributed by atoms with van der Waals surface area (Å²) in [5.41, 5.74) is 2.53. The van der Waals surface area contributed by atoms with E-state index in [9.17, 15) is 14.7 Å². The highest BCUT2D eigenvalue weighted by Gasteiger charge is 2.45. The maximum absolute atomic E-state index is 12.0. The average molecular weight is 294 g/mol. The van der Waals surface area contributed by atoms with Gasteiger partial charge >= 0.3 is 0 Å². The zero-order valence-corrected chi connectivity index (χ0v) is 11.1. The first-order chi connectivity index (χ1) is 9.54. The first-order valence-corrected chi connectivity index (χ1v) is 6.52. The second kappa shape index (κ2) is 7.19. The Morgan fingerprint density at radius 2 is 1.90 bits per heavy atom. The maximum atomic E-state index is 12.0. The van der Waals surface area contributed by atoms with Crippen LogP contribution in [0.25, 0.3) is 0 Å². The van der Waals surface area contributed by atoms with Crippen LogP contribution < -0.4 is 10.8 Å². The van der Waals surface area contributed by atoms with Crippen LogP contribution in [-0.2, 0) is 9.59 Å². The van der Waals surface area contributed by atoms with E-state index in [2.05, 4.69) is 5.32 Å². The summed E-state index contributed by atoms with van der Waals surface area (Å²) in [5, 5.41) is 20.5. The van der Waals surface area contributed by atoms with Crippen molar-refractivity contribution in [3.8, 4) is 0 Å². The molecule has 0 unspecified atom stereocenters. The number of hydrogen-bond donors (Lipinski definition) is 4. The lowest BCUT2D eigenvalue weighted by atomic mass is 10.1. The minimum atomic E-state index is -1.15. The van der Waals surface area contributed by atoms with Crippen LogP contribution in [0.5, 0.6) is 0 Å². The molecule has 2 amide bonds. The van der Waals surface area contributed by atoms with Crippen molar-refractivity contribution in [2.24, 2.45) is 5.92 Å². The lowest BCUT2D eigenvalue weighted by Gasteiger charge is -2.19. The Bertz CT molecular complexity index is 490. The zero-order valence-electron chi connectivity index (χ0n) is 11.1. The van der Waals surface area contributed by atoms with Gasteiger partial charge in [0.1, 0.15) is 6.04 Å². The van der Waals surface area contributed by atoms with Crippen LogP contribution in [0, 0.1) is 5.92 Å². The first-order valence-electron chi connectivity index (χ1n) is 6.52. The molecule has 0 aliphatic heterocycles. The Morgan fingerprint density at radius 1 is 1.29 bits per heavy atom. The maximum Gasteiger partial charge on any atom is 0.268 e. The van der Waals surface area contributed by atoms with Crippen molar-refractivity contribution in [2.75, 3.05) is 0 Å². The Morgan fingerprint density at radius 3 is 2.43 bits per heavy atom. The molecule has 1 aliphatic rings. The molecule has 0 aromatic heterocycles. The van der Waals surface area contributed by atoms with Crippen molar-refractivity contribution < 1.29 is 19.9 Å². The van der Waals surface area contributed by atoms with E-state index in [1.807, 2.05) is 30.3 Å². The third-order valence-corrected chi connectivity index (χ3v) is 3.53. The molecule has 1 aromatic rings. The quantitative estimate of drug-likeness (QED) is 0.477. The van der Waals surface area contributed by atoms with Gasteiger partial charge in [-0.05, 0) is 24.8 Å². The molecule has 4 atom stereocenters. The summed E-state index contributed by atoms with van der Waals surface area (Å²) in [6.07, 6.45) is -0.358. The number of hydrogen-bond acceptors (Lipinski definition) is 4. The first kappa shape index (κ1) is 17.1. The summed E-state index contributed by atoms with van der Waals surface area (Å²) in [5.74, 6) is -1.15. The highest BCUT2D eigenvalue weighted by atomic mass is 16.5. The molecule has 0 bridgehead atoms. The molecule has 1 fully saturated rings. The van der Waals surface area contributed by atoms with E-state index in [1.54, 1.807) is 0 Å². The normalized spacial score (nSPS) is 22.4. The Hall–Kier alpha value is -1.92. The molecule has 1 aromatic carbocycles. The summed E-state index contributed by atoms with van der Waals surface area (Å²) in [6, 6.07) is 8.52. The van der Waals surface area contributed by atoms with Crippen LogP contribution in [0.1, 0.15) is 32.3 Å². The zero-order chi connectivity index (χ0) is 14.7. The molecule has 4 N–H and O–H groups in total. The number of aliphatic hydroxyl groups excluding tert-OH is 1. The predicted octanol–water partition coefficient (Wildman–Crippen LogP) is 0.797. The topological polar surface area (TPSA) is 98.7 Å². The Labute approximate surface area is 124 Å². The van der Waals surface area contributed by atoms with E-state index < -0.39 is 18.1 Å². The van der Waals surface area contributed by atoms with Crippen molar-refractivity contribution in [1.82, 2.24) is 10.8 Å². The smallest absolute Gasteiger partial charge is 0.268 e. The lowest BCUT2D eigenvalue weighted by Crippen LogP contribution is -2.52. The van der Waals surface area contributed by atoms with Gasteiger partial charge in [-0.25, -0.2) is 5.48 Å². The number of aliphatic hydroxyl groups is 1. The standard InChI is InChI=1S/C14H18N2O4.CH4/c1-8(17)12(14(19)16-20)15-13(18)11-7-10(11)9-5-3-2-4-6-9;/h2-6,8,10-12,17,20H,7H2,1H3,(H,15,18)(H,16,19);1H4/t8-,10+,11-,12+;/m1./s1. The van der Waals surface area contributed by atoms with Gasteiger partial charge in [0, 0.05) is 5.92 Å². The molecule has 2 rings (SSSR count). The number of hydroxylamine groups is 1. The fourth-order valence-corrected chi connectivity index (χ4v) is 2.29. The predicted molar refractivity (Wildman–Crippen MR) is 77.6 cm³/mol. The van der Waals surface area contributed by atoms with Crippen molar-refractivity contribution in [1.29, 1.82) is 0 Å². The molecule has 1 aliphatic carbocycles. The van der Waals surface area contributed by atoms with Crippen LogP contribution in [-0.4, -0.2) is 34.3 Å². The van der Waals surface area contributed by atoms with Crippen molar-refractivity contribution in [3.63, 3.8) is 0 Å². The van der Waals surface area contributed by atoms with Gasteiger partial charge < -0.3 is 10.4 Å². The molecule has 0 spiro atoms. The van der Waals surface area contributed by atoms with Crippen LogP contribution in [0.4, 0.5) is 0 Å². The number of rotatable bonds is 5. The highest BCUT2D eigenvalue weighted by molar-refractivity contribution is 5.90. The molecule has 21 heavy (non-hydrogen) atoms. The summed E-state index contributed by atoms with van der Waals surface area (Å²) in [7, 11) is 0. The lowest BCUT2D eigenvalue weighted by molar-refractivity contribution is -0.137. The number of benzene rings is 1. The van der Waals surface area contributed by atoms with E-state index in [0.717, 1.165) is 12.0 Å². The summed E-state index contributed by atoms with van der Waals surface area (Å²) in [4.78, 5) is 23.4. The third kappa shape index (κ3) is 4.03. The van der Waals surface area contributed by atoms with Gasteiger partial charge in [-0.3, -0.25) is 14.8 Å². The minimum absolute atomic E-state index is 0. The fourth-order valence-electron chi connectivity index (χ4n) is 2.29. The summed E-state index contributed by atoms with van der Waals surface area (Å²) >= 11 is 0. The number of amides is 2. The summed E-state index contributed by atoms with van der Waals surface area (Å²) in [6.45, 7) is 1.38. The van der Waals surface area contributed by atoms with Gasteiger partial charge in [0.2, 0.25) is 5.91 Å². The van der Waals surface area contributed by atoms with Crippen LogP contribution in [0.3, 0.4) is 0 Å². The number of nitrogens with one attached hydrogen (secondary N) is 2. The van der Waals surface area contributed by atoms with Gasteiger partial charge in [-0.15, -0.1) is 0 Å². The second-order valence-electron chi connectivity index (χ2n) is 5.06. The van der Waals surface area contributed by atoms with Gasteiger partial charge in [0.25, 0.3) is 5.91 Å². The van der Waals surface area contributed by atoms with E-state index in [1.165, 1.54) is 12.4 Å². The molecule has 0 heterocycles. The fraction of sp³-hybridized carbons (Fsp3) is 0.467. The van der Waals surface area contributed by atoms with Crippen molar-refractivity contribution >= 4 is 11.8 Å². The summed E-state index contributed by atoms with van der Waals surface area (Å²) < 4.78 is 0. The molecule has 0 saturated heterocycles. The highest BCUT2D eigenvalue weighted by Crippen LogP contribution is 2.47. The minimum Gasteiger partial charge on any atom is -0.391 e. The van der Waals surface area contributed by atoms with Gasteiger partial charge in [0.05, 0.1) is 6.10 Å². The van der Waals surface area contributed by atoms with E-state index in [0.29, 0.717) is 0 Å². The number of carbonyl (C=O) groups is 2. The monoisotopic (exact) mass is 294 g/mol. The molecular formula is C15H22N2O4. The average Bonchev–Trinajstić information content (AvgIpc) is 3.25. The molecule has 6 nitrogen and oxygen atoms in total. The van der Waals surface area contributed by atoms with E-state index >= 15 is 0 Å². The SMILES string of the molecule is C.C[C@@H](O)[C@H](NC(=O)[C@@H]1C[C@H]1c1ccccc1)C(=O)NO. The number of carbonyl (C=O) groups excluding carboxylic acids is 2. The van der Waals surface area contributed by atoms with Gasteiger partial charge in [-0.1, -0.05) is 37.8 Å². The molecule has 1 saturated carbocycles. The van der Waals surface area contributed by atoms with E-state index in [4.69, 9.17) is 5.21 Å². The van der Waals surface area contributed by atoms with Crippen LogP contribution in [0.15, 0.2) is 30.3 Å². The molecular weight excluding hydrogens is 272 g/mol. The Balaban J connectivity index is 0.00000220. The molecule has 0 radical (unpaired) electrons. The largest absolute Gasteiger partial charge is 0.391 e. The second-order valence-corrected chi connectivity index (χ2v) is 5.06. The Kier molecular flexibility index (Phi) is 5.87. The third-order valence-electron chi connectivity index (χ3n) is 3.53.